The van der Waals surface area contributed by atoms with Crippen LogP contribution in [-0.4, -0.2) is 46.8 Å². The largest absolute Gasteiger partial charge is 0.398 e. The van der Waals surface area contributed by atoms with Crippen molar-refractivity contribution >= 4 is 8.56 Å². The van der Waals surface area contributed by atoms with Crippen molar-refractivity contribution in [2.75, 3.05) is 33.4 Å². The van der Waals surface area contributed by atoms with Gasteiger partial charge in [0.05, 0.1) is 0 Å². The van der Waals surface area contributed by atoms with Crippen LogP contribution in [0.25, 0.3) is 0 Å². The van der Waals surface area contributed by atoms with E-state index in [2.05, 4.69) is 18.4 Å². The average Bonchev–Trinajstić information content (AvgIpc) is 2.34. The molecule has 1 heterocycles. The number of hydrogen-bond acceptors (Lipinski definition) is 3. The van der Waals surface area contributed by atoms with Crippen LogP contribution in [0.1, 0.15) is 32.6 Å². The molecule has 0 amide bonds. The summed E-state index contributed by atoms with van der Waals surface area (Å²) in [5.74, 6) is 0. The van der Waals surface area contributed by atoms with Crippen molar-refractivity contribution in [3.63, 3.8) is 0 Å². The van der Waals surface area contributed by atoms with Crippen molar-refractivity contribution in [3.05, 3.63) is 0 Å². The van der Waals surface area contributed by atoms with Crippen molar-refractivity contribution in [3.8, 4) is 0 Å². The molecule has 0 aromatic carbocycles. The maximum atomic E-state index is 6.02. The van der Waals surface area contributed by atoms with Gasteiger partial charge in [0.2, 0.25) is 0 Å². The third kappa shape index (κ3) is 4.95. The lowest BCUT2D eigenvalue weighted by Crippen LogP contribution is -2.40. The summed E-state index contributed by atoms with van der Waals surface area (Å²) in [7, 11) is -0.0301. The second-order valence-corrected chi connectivity index (χ2v) is 8.25. The van der Waals surface area contributed by atoms with Crippen LogP contribution in [0.5, 0.6) is 0 Å². The minimum atomic E-state index is -1.84. The highest BCUT2D eigenvalue weighted by Crippen LogP contribution is 2.18. The summed E-state index contributed by atoms with van der Waals surface area (Å²) < 4.78 is 11.6. The molecule has 1 rings (SSSR count). The van der Waals surface area contributed by atoms with Crippen molar-refractivity contribution in [1.29, 1.82) is 0 Å². The van der Waals surface area contributed by atoms with Gasteiger partial charge in [0.15, 0.2) is 0 Å². The van der Waals surface area contributed by atoms with Crippen LogP contribution >= 0.6 is 0 Å². The maximum Gasteiger partial charge on any atom is 0.334 e. The van der Waals surface area contributed by atoms with E-state index in [9.17, 15) is 0 Å². The fourth-order valence-corrected chi connectivity index (χ4v) is 4.07. The van der Waals surface area contributed by atoms with E-state index in [4.69, 9.17) is 8.85 Å². The highest BCUT2D eigenvalue weighted by Gasteiger charge is 2.29. The first kappa shape index (κ1) is 14.2. The molecule has 0 bridgehead atoms. The Morgan fingerprint density at radius 3 is 2.62 bits per heavy atom. The molecule has 0 spiro atoms. The van der Waals surface area contributed by atoms with Crippen LogP contribution in [-0.2, 0) is 8.85 Å². The van der Waals surface area contributed by atoms with E-state index in [1.54, 1.807) is 0 Å². The SMILES string of the molecule is CCN1CCCCCC[Si](C)(OC)OCC1. The van der Waals surface area contributed by atoms with Gasteiger partial charge in [-0.05, 0) is 32.1 Å². The Morgan fingerprint density at radius 1 is 1.19 bits per heavy atom. The highest BCUT2D eigenvalue weighted by atomic mass is 28.4. The van der Waals surface area contributed by atoms with Crippen LogP contribution in [0.3, 0.4) is 0 Å². The minimum Gasteiger partial charge on any atom is -0.398 e. The topological polar surface area (TPSA) is 21.7 Å². The predicted molar refractivity (Wildman–Crippen MR) is 70.0 cm³/mol. The van der Waals surface area contributed by atoms with Crippen LogP contribution in [0.2, 0.25) is 12.6 Å². The normalized spacial score (nSPS) is 30.9. The van der Waals surface area contributed by atoms with Crippen molar-refractivity contribution in [1.82, 2.24) is 4.90 Å². The van der Waals surface area contributed by atoms with Gasteiger partial charge >= 0.3 is 8.56 Å². The van der Waals surface area contributed by atoms with Crippen molar-refractivity contribution < 1.29 is 8.85 Å². The van der Waals surface area contributed by atoms with E-state index < -0.39 is 8.56 Å². The Kier molecular flexibility index (Phi) is 6.57. The zero-order chi connectivity index (χ0) is 11.9. The molecule has 4 heteroatoms. The molecule has 0 aromatic rings. The Bertz CT molecular complexity index is 192. The predicted octanol–water partition coefficient (Wildman–Crippen LogP) is 2.62. The van der Waals surface area contributed by atoms with Crippen molar-refractivity contribution in [2.24, 2.45) is 0 Å². The van der Waals surface area contributed by atoms with Crippen molar-refractivity contribution in [2.45, 2.75) is 45.2 Å². The molecule has 96 valence electrons. The maximum absolute atomic E-state index is 6.02. The fourth-order valence-electron chi connectivity index (χ4n) is 2.19. The molecule has 16 heavy (non-hydrogen) atoms. The minimum absolute atomic E-state index is 0.838. The van der Waals surface area contributed by atoms with Crippen LogP contribution < -0.4 is 0 Å². The monoisotopic (exact) mass is 245 g/mol. The zero-order valence-electron chi connectivity index (χ0n) is 11.1. The smallest absolute Gasteiger partial charge is 0.334 e. The van der Waals surface area contributed by atoms with Gasteiger partial charge in [-0.2, -0.15) is 0 Å². The Morgan fingerprint density at radius 2 is 1.94 bits per heavy atom. The molecule has 1 fully saturated rings. The molecule has 1 aliphatic rings. The van der Waals surface area contributed by atoms with Gasteiger partial charge in [0.25, 0.3) is 0 Å². The number of hydrogen-bond donors (Lipinski definition) is 0. The third-order valence-electron chi connectivity index (χ3n) is 3.55. The molecule has 0 saturated carbocycles. The Labute approximate surface area is 101 Å². The van der Waals surface area contributed by atoms with Gasteiger partial charge in [-0.1, -0.05) is 26.2 Å². The molecule has 1 unspecified atom stereocenters. The van der Waals surface area contributed by atoms with Gasteiger partial charge in [-0.15, -0.1) is 0 Å². The Hall–Kier alpha value is 0.0969. The van der Waals surface area contributed by atoms with Crippen LogP contribution in [0.15, 0.2) is 0 Å². The first-order chi connectivity index (χ1) is 7.70. The molecule has 3 nitrogen and oxygen atoms in total. The quantitative estimate of drug-likeness (QED) is 0.698. The average molecular weight is 245 g/mol. The Balaban J connectivity index is 2.45. The first-order valence-electron chi connectivity index (χ1n) is 6.61. The second kappa shape index (κ2) is 7.43. The van der Waals surface area contributed by atoms with E-state index in [-0.39, 0.29) is 0 Å². The molecular weight excluding hydrogens is 218 g/mol. The second-order valence-electron chi connectivity index (χ2n) is 4.78. The molecule has 1 saturated heterocycles. The summed E-state index contributed by atoms with van der Waals surface area (Å²) in [6.07, 6.45) is 5.28. The molecule has 1 aliphatic heterocycles. The van der Waals surface area contributed by atoms with Crippen LogP contribution in [0, 0.1) is 0 Å². The summed E-state index contributed by atoms with van der Waals surface area (Å²) >= 11 is 0. The number of likely N-dealkylation sites (N-methyl/N-ethyl adjacent to an activating group) is 1. The lowest BCUT2D eigenvalue weighted by atomic mass is 10.2. The lowest BCUT2D eigenvalue weighted by molar-refractivity contribution is 0.166. The van der Waals surface area contributed by atoms with E-state index >= 15 is 0 Å². The third-order valence-corrected chi connectivity index (χ3v) is 6.49. The van der Waals surface area contributed by atoms with Gasteiger partial charge in [0, 0.05) is 20.3 Å². The molecular formula is C12H27NO2Si. The van der Waals surface area contributed by atoms with Gasteiger partial charge in [0.1, 0.15) is 0 Å². The summed E-state index contributed by atoms with van der Waals surface area (Å²) in [4.78, 5) is 2.48. The zero-order valence-corrected chi connectivity index (χ0v) is 12.1. The van der Waals surface area contributed by atoms with E-state index in [0.29, 0.717) is 0 Å². The van der Waals surface area contributed by atoms with Gasteiger partial charge in [-0.25, -0.2) is 0 Å². The summed E-state index contributed by atoms with van der Waals surface area (Å²) in [5, 5.41) is 0. The van der Waals surface area contributed by atoms with E-state index in [1.807, 2.05) is 7.11 Å². The lowest BCUT2D eigenvalue weighted by Gasteiger charge is -2.26. The summed E-state index contributed by atoms with van der Waals surface area (Å²) in [6, 6.07) is 1.15. The number of nitrogens with zero attached hydrogens (tertiary/aromatic N) is 1. The van der Waals surface area contributed by atoms with Crippen LogP contribution in [0.4, 0.5) is 0 Å². The fraction of sp³-hybridized carbons (Fsp3) is 1.00. The summed E-state index contributed by atoms with van der Waals surface area (Å²) in [6.45, 7) is 8.68. The standard InChI is InChI=1S/C12H27NO2Si/c1-4-13-9-7-5-6-8-12-16(3,14-2)15-11-10-13/h4-12H2,1-3H3. The van der Waals surface area contributed by atoms with Gasteiger partial charge < -0.3 is 13.8 Å². The van der Waals surface area contributed by atoms with E-state index in [1.165, 1.54) is 32.2 Å². The first-order valence-corrected chi connectivity index (χ1v) is 9.14. The molecule has 1 atom stereocenters. The molecule has 0 radical (unpaired) electrons. The van der Waals surface area contributed by atoms with Gasteiger partial charge in [-0.3, -0.25) is 0 Å². The molecule has 0 N–H and O–H groups in total. The highest BCUT2D eigenvalue weighted by molar-refractivity contribution is 6.65. The summed E-state index contributed by atoms with van der Waals surface area (Å²) in [5.41, 5.74) is 0. The molecule has 0 aliphatic carbocycles. The number of rotatable bonds is 2. The molecule has 0 aromatic heterocycles. The van der Waals surface area contributed by atoms with E-state index in [0.717, 1.165) is 25.7 Å².